The Morgan fingerprint density at radius 1 is 1.50 bits per heavy atom. The molecule has 0 atom stereocenters. The monoisotopic (exact) mass is 166 g/mol. The zero-order chi connectivity index (χ0) is 2.71. The molecular weight excluding hydrogens is 163 g/mol. The zero-order valence-corrected chi connectivity index (χ0v) is 7.23. The summed E-state index contributed by atoms with van der Waals surface area (Å²) in [7, 11) is 0. The molecule has 34 valence electrons. The van der Waals surface area contributed by atoms with Crippen LogP contribution in [0.4, 0.5) is 0 Å². The molecule has 0 bridgehead atoms. The van der Waals surface area contributed by atoms with Crippen LogP contribution in [0.5, 0.6) is 0 Å². The number of halogens is 1. The Kier molecular flexibility index (Phi) is 195. The molecule has 0 heterocycles. The number of nitrogens with zero attached hydrogens (tertiary/aromatic N) is 1. The molecule has 0 aliphatic carbocycles. The van der Waals surface area contributed by atoms with Gasteiger partial charge in [-0.3, -0.25) is 0 Å². The third kappa shape index (κ3) is 101. The molecule has 0 saturated heterocycles. The average molecular weight is 167 g/mol. The molecule has 4 N–H and O–H groups in total. The molecule has 0 aromatic carbocycles. The van der Waals surface area contributed by atoms with E-state index in [0.29, 0.717) is 0 Å². The summed E-state index contributed by atoms with van der Waals surface area (Å²) in [5, 5.41) is 9.00. The van der Waals surface area contributed by atoms with Gasteiger partial charge in [0.2, 0.25) is 0 Å². The third-order valence-corrected chi connectivity index (χ3v) is 0. The molecule has 0 aromatic heterocycles. The van der Waals surface area contributed by atoms with Gasteiger partial charge in [0, 0.05) is 0 Å². The fourth-order valence-corrected chi connectivity index (χ4v) is 0. The second-order valence-corrected chi connectivity index (χ2v) is 0.0745. The largest absolute Gasteiger partial charge is 1.00 e. The third-order valence-electron chi connectivity index (χ3n) is 0. The second-order valence-electron chi connectivity index (χ2n) is 0.0745. The first kappa shape index (κ1) is 28.9. The topological polar surface area (TPSA) is 89.0 Å². The Hall–Kier alpha value is 0.840. The van der Waals surface area contributed by atoms with E-state index in [0.717, 1.165) is 5.34 Å². The molecule has 0 rings (SSSR count). The van der Waals surface area contributed by atoms with Crippen LogP contribution in [0.2, 0.25) is 0 Å². The van der Waals surface area contributed by atoms with E-state index in [9.17, 15) is 0 Å². The fourth-order valence-electron chi connectivity index (χ4n) is 0. The molecule has 0 radical (unpaired) electrons. The summed E-state index contributed by atoms with van der Waals surface area (Å²) in [4.78, 5) is 8.00. The van der Waals surface area contributed by atoms with Crippen molar-refractivity contribution in [1.82, 2.24) is 6.15 Å². The van der Waals surface area contributed by atoms with Gasteiger partial charge < -0.3 is 33.2 Å². The van der Waals surface area contributed by atoms with Gasteiger partial charge in [-0.1, -0.05) is 0 Å². The minimum absolute atomic E-state index is 0. The SMILES string of the molecule is O=N[O-].[Br-].[NH4+].[Na+]. The van der Waals surface area contributed by atoms with E-state index in [1.807, 2.05) is 0 Å². The molecule has 0 aliphatic rings. The van der Waals surface area contributed by atoms with Gasteiger partial charge in [0.15, 0.2) is 0 Å². The van der Waals surface area contributed by atoms with Crippen molar-refractivity contribution >= 4 is 0 Å². The van der Waals surface area contributed by atoms with Gasteiger partial charge in [-0.05, 0) is 0 Å². The maximum absolute atomic E-state index is 8.00. The van der Waals surface area contributed by atoms with E-state index in [4.69, 9.17) is 10.1 Å². The van der Waals surface area contributed by atoms with Crippen LogP contribution in [0.1, 0.15) is 0 Å². The van der Waals surface area contributed by atoms with Crippen LogP contribution in [0.25, 0.3) is 0 Å². The summed E-state index contributed by atoms with van der Waals surface area (Å²) in [5.74, 6) is 0. The van der Waals surface area contributed by atoms with Gasteiger partial charge >= 0.3 is 29.6 Å². The molecule has 4 nitrogen and oxygen atoms in total. The Labute approximate surface area is 67.9 Å². The van der Waals surface area contributed by atoms with Crippen molar-refractivity contribution < 1.29 is 46.5 Å². The molecule has 0 aliphatic heterocycles. The van der Waals surface area contributed by atoms with Crippen molar-refractivity contribution in [2.24, 2.45) is 5.34 Å². The summed E-state index contributed by atoms with van der Waals surface area (Å²) in [6.07, 6.45) is 0. The molecule has 0 amide bonds. The van der Waals surface area contributed by atoms with Gasteiger partial charge in [0.05, 0.1) is 0 Å². The van der Waals surface area contributed by atoms with Crippen LogP contribution in [-0.4, -0.2) is 0 Å². The maximum Gasteiger partial charge on any atom is 1.00 e. The second kappa shape index (κ2) is 40.4. The van der Waals surface area contributed by atoms with Gasteiger partial charge in [-0.15, -0.1) is 5.34 Å². The Morgan fingerprint density at radius 2 is 1.50 bits per heavy atom. The van der Waals surface area contributed by atoms with Crippen LogP contribution in [0.3, 0.4) is 0 Å². The Morgan fingerprint density at radius 3 is 1.50 bits per heavy atom. The van der Waals surface area contributed by atoms with Crippen molar-refractivity contribution in [2.75, 3.05) is 0 Å². The van der Waals surface area contributed by atoms with Crippen LogP contribution >= 0.6 is 0 Å². The van der Waals surface area contributed by atoms with Crippen molar-refractivity contribution in [3.63, 3.8) is 0 Å². The summed E-state index contributed by atoms with van der Waals surface area (Å²) in [6.45, 7) is 0. The smallest absolute Gasteiger partial charge is 1.00 e. The van der Waals surface area contributed by atoms with E-state index in [1.165, 1.54) is 0 Å². The minimum Gasteiger partial charge on any atom is -1.00 e. The molecule has 0 aromatic rings. The van der Waals surface area contributed by atoms with E-state index in [-0.39, 0.29) is 52.7 Å². The quantitative estimate of drug-likeness (QED) is 0.221. The summed E-state index contributed by atoms with van der Waals surface area (Å²) in [5.41, 5.74) is 0. The summed E-state index contributed by atoms with van der Waals surface area (Å²) in [6, 6.07) is 0. The van der Waals surface area contributed by atoms with Crippen LogP contribution < -0.4 is 52.7 Å². The van der Waals surface area contributed by atoms with Crippen LogP contribution in [0, 0.1) is 10.1 Å². The van der Waals surface area contributed by atoms with E-state index in [1.54, 1.807) is 0 Å². The molecule has 0 fully saturated rings. The molecule has 6 heavy (non-hydrogen) atoms. The maximum atomic E-state index is 8.00. The number of rotatable bonds is 0. The molecular formula is H4BrN2NaO2. The minimum atomic E-state index is 0. The molecule has 0 spiro atoms. The van der Waals surface area contributed by atoms with Crippen LogP contribution in [0.15, 0.2) is 5.34 Å². The summed E-state index contributed by atoms with van der Waals surface area (Å²) >= 11 is 0. The molecule has 6 heteroatoms. The predicted octanol–water partition coefficient (Wildman–Crippen LogP) is -5.37. The van der Waals surface area contributed by atoms with Gasteiger partial charge in [-0.25, -0.2) is 0 Å². The van der Waals surface area contributed by atoms with E-state index >= 15 is 0 Å². The first-order valence-electron chi connectivity index (χ1n) is 0.365. The summed E-state index contributed by atoms with van der Waals surface area (Å²) < 4.78 is 0. The first-order valence-corrected chi connectivity index (χ1v) is 0.365. The number of hydrogen-bond donors (Lipinski definition) is 1. The first-order chi connectivity index (χ1) is 1.41. The van der Waals surface area contributed by atoms with Crippen molar-refractivity contribution in [1.29, 1.82) is 0 Å². The van der Waals surface area contributed by atoms with Gasteiger partial charge in [0.1, 0.15) is 0 Å². The predicted molar refractivity (Wildman–Crippen MR) is 15.1 cm³/mol. The van der Waals surface area contributed by atoms with Crippen molar-refractivity contribution in [3.8, 4) is 0 Å². The van der Waals surface area contributed by atoms with Crippen LogP contribution in [-0.2, 0) is 0 Å². The standard InChI is InChI=1S/BrH.HNO2.H3N.Na/c;2-1-3;;/h1H;(H,2,3);1H3;/q;;;+1/p-1. The van der Waals surface area contributed by atoms with Gasteiger partial charge in [0.25, 0.3) is 0 Å². The Bertz CT molecular complexity index is 19.0. The molecule has 0 unspecified atom stereocenters. The number of hydrogen-bond acceptors (Lipinski definition) is 3. The number of quaternary nitrogens is 1. The van der Waals surface area contributed by atoms with Crippen molar-refractivity contribution in [2.45, 2.75) is 0 Å². The molecule has 0 saturated carbocycles. The van der Waals surface area contributed by atoms with E-state index < -0.39 is 0 Å². The average Bonchev–Trinajstić information content (AvgIpc) is 0.918. The van der Waals surface area contributed by atoms with Crippen molar-refractivity contribution in [3.05, 3.63) is 10.1 Å². The zero-order valence-electron chi connectivity index (χ0n) is 3.64. The Balaban J connectivity index is -0.00000000667. The van der Waals surface area contributed by atoms with Gasteiger partial charge in [-0.2, -0.15) is 0 Å². The fraction of sp³-hybridized carbons (Fsp3) is 0. The normalized spacial score (nSPS) is 2.00. The van der Waals surface area contributed by atoms with E-state index in [2.05, 4.69) is 0 Å².